The van der Waals surface area contributed by atoms with Crippen LogP contribution < -0.4 is 10.5 Å². The summed E-state index contributed by atoms with van der Waals surface area (Å²) in [5.74, 6) is 0.307. The first-order chi connectivity index (χ1) is 10.2. The zero-order chi connectivity index (χ0) is 14.7. The standard InChI is InChI=1S/C16H13FN2OS/c17-13-3-1-2-11(6-13)8-20-16-5-4-12(7-14(16)18)15-9-21-10-19-15/h1-7,9-10H,8,18H2. The lowest BCUT2D eigenvalue weighted by molar-refractivity contribution is 0.307. The van der Waals surface area contributed by atoms with E-state index in [-0.39, 0.29) is 12.4 Å². The largest absolute Gasteiger partial charge is 0.487 e. The molecule has 2 aromatic carbocycles. The Bertz CT molecular complexity index is 744. The highest BCUT2D eigenvalue weighted by molar-refractivity contribution is 7.07. The van der Waals surface area contributed by atoms with E-state index >= 15 is 0 Å². The zero-order valence-corrected chi connectivity index (χ0v) is 11.9. The molecule has 0 fully saturated rings. The molecule has 3 aromatic rings. The number of benzene rings is 2. The summed E-state index contributed by atoms with van der Waals surface area (Å²) in [5, 5.41) is 1.96. The van der Waals surface area contributed by atoms with Gasteiger partial charge >= 0.3 is 0 Å². The van der Waals surface area contributed by atoms with Gasteiger partial charge in [-0.05, 0) is 35.9 Å². The first-order valence-electron chi connectivity index (χ1n) is 6.38. The van der Waals surface area contributed by atoms with E-state index in [1.807, 2.05) is 29.6 Å². The minimum Gasteiger partial charge on any atom is -0.487 e. The van der Waals surface area contributed by atoms with Gasteiger partial charge in [0.05, 0.1) is 16.9 Å². The molecule has 0 aliphatic rings. The first kappa shape index (κ1) is 13.6. The number of thiazole rings is 1. The van der Waals surface area contributed by atoms with Crippen molar-refractivity contribution >= 4 is 17.0 Å². The van der Waals surface area contributed by atoms with Crippen LogP contribution in [-0.2, 0) is 6.61 Å². The molecular formula is C16H13FN2OS. The molecule has 0 saturated carbocycles. The van der Waals surface area contributed by atoms with Crippen molar-refractivity contribution in [3.05, 3.63) is 64.7 Å². The number of anilines is 1. The number of nitrogens with two attached hydrogens (primary N) is 1. The van der Waals surface area contributed by atoms with Gasteiger partial charge in [-0.3, -0.25) is 0 Å². The number of rotatable bonds is 4. The molecule has 1 heterocycles. The highest BCUT2D eigenvalue weighted by Crippen LogP contribution is 2.28. The molecule has 0 aliphatic heterocycles. The van der Waals surface area contributed by atoms with Crippen LogP contribution in [0, 0.1) is 5.82 Å². The van der Waals surface area contributed by atoms with Gasteiger partial charge in [-0.15, -0.1) is 11.3 Å². The summed E-state index contributed by atoms with van der Waals surface area (Å²) in [6.45, 7) is 0.276. The van der Waals surface area contributed by atoms with Gasteiger partial charge in [0, 0.05) is 10.9 Å². The third-order valence-corrected chi connectivity index (χ3v) is 3.61. The Morgan fingerprint density at radius 2 is 2.10 bits per heavy atom. The molecule has 5 heteroatoms. The van der Waals surface area contributed by atoms with Gasteiger partial charge in [-0.25, -0.2) is 9.37 Å². The molecule has 3 nitrogen and oxygen atoms in total. The minimum atomic E-state index is -0.275. The van der Waals surface area contributed by atoms with Crippen LogP contribution in [0.5, 0.6) is 5.75 Å². The van der Waals surface area contributed by atoms with Gasteiger partial charge in [0.25, 0.3) is 0 Å². The Balaban J connectivity index is 1.74. The highest BCUT2D eigenvalue weighted by Gasteiger charge is 2.06. The van der Waals surface area contributed by atoms with Gasteiger partial charge in [0.15, 0.2) is 0 Å². The molecule has 0 aliphatic carbocycles. The predicted molar refractivity (Wildman–Crippen MR) is 82.7 cm³/mol. The SMILES string of the molecule is Nc1cc(-c2cscn2)ccc1OCc1cccc(F)c1. The van der Waals surface area contributed by atoms with Gasteiger partial charge in [0.1, 0.15) is 18.2 Å². The van der Waals surface area contributed by atoms with Crippen LogP contribution >= 0.6 is 11.3 Å². The number of hydrogen-bond donors (Lipinski definition) is 1. The van der Waals surface area contributed by atoms with E-state index < -0.39 is 0 Å². The van der Waals surface area contributed by atoms with E-state index in [0.717, 1.165) is 16.8 Å². The lowest BCUT2D eigenvalue weighted by Gasteiger charge is -2.10. The van der Waals surface area contributed by atoms with E-state index in [4.69, 9.17) is 10.5 Å². The topological polar surface area (TPSA) is 48.1 Å². The van der Waals surface area contributed by atoms with E-state index in [9.17, 15) is 4.39 Å². The molecule has 0 saturated heterocycles. The number of hydrogen-bond acceptors (Lipinski definition) is 4. The second kappa shape index (κ2) is 5.93. The molecular weight excluding hydrogens is 287 g/mol. The maximum Gasteiger partial charge on any atom is 0.142 e. The fourth-order valence-corrected chi connectivity index (χ4v) is 2.54. The average molecular weight is 300 g/mol. The lowest BCUT2D eigenvalue weighted by atomic mass is 10.1. The fraction of sp³-hybridized carbons (Fsp3) is 0.0625. The Labute approximate surface area is 125 Å². The Morgan fingerprint density at radius 1 is 1.19 bits per heavy atom. The summed E-state index contributed by atoms with van der Waals surface area (Å²) in [6.07, 6.45) is 0. The summed E-state index contributed by atoms with van der Waals surface area (Å²) in [5.41, 5.74) is 10.9. The maximum atomic E-state index is 13.1. The third-order valence-electron chi connectivity index (χ3n) is 3.02. The Morgan fingerprint density at radius 3 is 2.81 bits per heavy atom. The van der Waals surface area contributed by atoms with Crippen LogP contribution in [0.25, 0.3) is 11.3 Å². The first-order valence-corrected chi connectivity index (χ1v) is 7.32. The van der Waals surface area contributed by atoms with E-state index in [1.165, 1.54) is 23.5 Å². The normalized spacial score (nSPS) is 10.5. The summed E-state index contributed by atoms with van der Waals surface area (Å²) in [4.78, 5) is 4.24. The monoisotopic (exact) mass is 300 g/mol. The molecule has 2 N–H and O–H groups in total. The predicted octanol–water partition coefficient (Wildman–Crippen LogP) is 4.11. The summed E-state index contributed by atoms with van der Waals surface area (Å²) in [7, 11) is 0. The Kier molecular flexibility index (Phi) is 3.83. The molecule has 0 unspecified atom stereocenters. The summed E-state index contributed by atoms with van der Waals surface area (Å²) in [6, 6.07) is 11.9. The van der Waals surface area contributed by atoms with Crippen LogP contribution in [0.3, 0.4) is 0 Å². The van der Waals surface area contributed by atoms with Crippen molar-refractivity contribution in [2.75, 3.05) is 5.73 Å². The molecule has 0 bridgehead atoms. The summed E-state index contributed by atoms with van der Waals surface area (Å²) >= 11 is 1.53. The van der Waals surface area contributed by atoms with Gasteiger partial charge < -0.3 is 10.5 Å². The number of nitrogens with zero attached hydrogens (tertiary/aromatic N) is 1. The molecule has 21 heavy (non-hydrogen) atoms. The van der Waals surface area contributed by atoms with Crippen molar-refractivity contribution in [3.8, 4) is 17.0 Å². The van der Waals surface area contributed by atoms with Gasteiger partial charge in [-0.2, -0.15) is 0 Å². The smallest absolute Gasteiger partial charge is 0.142 e. The van der Waals surface area contributed by atoms with E-state index in [1.54, 1.807) is 11.6 Å². The molecule has 0 radical (unpaired) electrons. The molecule has 3 rings (SSSR count). The van der Waals surface area contributed by atoms with Crippen LogP contribution in [0.1, 0.15) is 5.56 Å². The fourth-order valence-electron chi connectivity index (χ4n) is 1.98. The second-order valence-corrected chi connectivity index (χ2v) is 5.26. The highest BCUT2D eigenvalue weighted by atomic mass is 32.1. The Hall–Kier alpha value is -2.40. The number of nitrogen functional groups attached to an aromatic ring is 1. The van der Waals surface area contributed by atoms with Crippen molar-refractivity contribution in [2.45, 2.75) is 6.61 Å². The van der Waals surface area contributed by atoms with E-state index in [2.05, 4.69) is 4.98 Å². The third kappa shape index (κ3) is 3.20. The number of halogens is 1. The second-order valence-electron chi connectivity index (χ2n) is 4.54. The van der Waals surface area contributed by atoms with Gasteiger partial charge in [0.2, 0.25) is 0 Å². The summed E-state index contributed by atoms with van der Waals surface area (Å²) < 4.78 is 18.7. The van der Waals surface area contributed by atoms with Crippen molar-refractivity contribution in [3.63, 3.8) is 0 Å². The van der Waals surface area contributed by atoms with Crippen molar-refractivity contribution in [1.82, 2.24) is 4.98 Å². The van der Waals surface area contributed by atoms with Crippen molar-refractivity contribution < 1.29 is 9.13 Å². The number of ether oxygens (including phenoxy) is 1. The molecule has 0 amide bonds. The average Bonchev–Trinajstić information content (AvgIpc) is 3.00. The van der Waals surface area contributed by atoms with Crippen molar-refractivity contribution in [1.29, 1.82) is 0 Å². The van der Waals surface area contributed by atoms with Crippen LogP contribution in [0.15, 0.2) is 53.4 Å². The van der Waals surface area contributed by atoms with Crippen molar-refractivity contribution in [2.24, 2.45) is 0 Å². The lowest BCUT2D eigenvalue weighted by Crippen LogP contribution is -1.99. The zero-order valence-electron chi connectivity index (χ0n) is 11.1. The minimum absolute atomic E-state index is 0.275. The van der Waals surface area contributed by atoms with Crippen LogP contribution in [0.4, 0.5) is 10.1 Å². The maximum absolute atomic E-state index is 13.1. The molecule has 0 atom stereocenters. The van der Waals surface area contributed by atoms with Crippen LogP contribution in [0.2, 0.25) is 0 Å². The molecule has 1 aromatic heterocycles. The quantitative estimate of drug-likeness (QED) is 0.738. The molecule has 106 valence electrons. The molecule has 0 spiro atoms. The van der Waals surface area contributed by atoms with Crippen LogP contribution in [-0.4, -0.2) is 4.98 Å². The van der Waals surface area contributed by atoms with Gasteiger partial charge in [-0.1, -0.05) is 12.1 Å². The number of aromatic nitrogens is 1. The van der Waals surface area contributed by atoms with E-state index in [0.29, 0.717) is 11.4 Å².